The lowest BCUT2D eigenvalue weighted by Crippen LogP contribution is -1.61. The summed E-state index contributed by atoms with van der Waals surface area (Å²) in [5, 5.41) is 1.28. The van der Waals surface area contributed by atoms with Crippen LogP contribution in [-0.2, 0) is 0 Å². The van der Waals surface area contributed by atoms with Gasteiger partial charge in [0.15, 0.2) is 0 Å². The average molecular weight is 153 g/mol. The summed E-state index contributed by atoms with van der Waals surface area (Å²) < 4.78 is 0. The molecule has 0 bridgehead atoms. The summed E-state index contributed by atoms with van der Waals surface area (Å²) in [5.74, 6) is 0. The highest BCUT2D eigenvalue weighted by Crippen LogP contribution is 2.09. The van der Waals surface area contributed by atoms with Crippen LogP contribution in [0.4, 0.5) is 0 Å². The van der Waals surface area contributed by atoms with Gasteiger partial charge >= 0.3 is 0 Å². The predicted molar refractivity (Wildman–Crippen MR) is 45.5 cm³/mol. The minimum Gasteiger partial charge on any atom is -0.412 e. The third kappa shape index (κ3) is 1.58. The third-order valence-corrected chi connectivity index (χ3v) is 1.46. The molecule has 3 heteroatoms. The van der Waals surface area contributed by atoms with Gasteiger partial charge in [-0.05, 0) is 17.5 Å². The van der Waals surface area contributed by atoms with Crippen molar-refractivity contribution in [2.24, 2.45) is 0 Å². The highest BCUT2D eigenvalue weighted by molar-refractivity contribution is 5.78. The number of aromatic nitrogens is 1. The fourth-order valence-electron chi connectivity index (χ4n) is 0.995. The van der Waals surface area contributed by atoms with E-state index in [0.717, 1.165) is 0 Å². The summed E-state index contributed by atoms with van der Waals surface area (Å²) in [4.78, 5) is 3.12. The summed E-state index contributed by atoms with van der Waals surface area (Å²) in [6.45, 7) is 0. The molecule has 0 unspecified atom stereocenters. The molecule has 0 fully saturated rings. The molecule has 0 aliphatic carbocycles. The standard InChI is InChI=1S/C8H7N.2H2O/c1-2-4-8-7(3-1)5-6-9-8;;/h1-6,9H;2*1H2. The second kappa shape index (κ2) is 3.75. The van der Waals surface area contributed by atoms with E-state index in [0.29, 0.717) is 0 Å². The first-order valence-electron chi connectivity index (χ1n) is 2.99. The van der Waals surface area contributed by atoms with E-state index >= 15 is 0 Å². The monoisotopic (exact) mass is 153 g/mol. The van der Waals surface area contributed by atoms with Crippen LogP contribution in [-0.4, -0.2) is 15.9 Å². The number of hydrogen-bond acceptors (Lipinski definition) is 0. The highest BCUT2D eigenvalue weighted by atomic mass is 16.0. The molecule has 0 radical (unpaired) electrons. The molecule has 0 amide bonds. The van der Waals surface area contributed by atoms with E-state index in [4.69, 9.17) is 0 Å². The zero-order valence-corrected chi connectivity index (χ0v) is 5.96. The maximum Gasteiger partial charge on any atom is 0.0453 e. The lowest BCUT2D eigenvalue weighted by Gasteiger charge is -1.83. The summed E-state index contributed by atoms with van der Waals surface area (Å²) >= 11 is 0. The lowest BCUT2D eigenvalue weighted by molar-refractivity contribution is 0.823. The van der Waals surface area contributed by atoms with E-state index in [1.54, 1.807) is 0 Å². The van der Waals surface area contributed by atoms with E-state index in [9.17, 15) is 0 Å². The van der Waals surface area contributed by atoms with Crippen LogP contribution in [0, 0.1) is 0 Å². The zero-order chi connectivity index (χ0) is 6.10. The maximum absolute atomic E-state index is 3.12. The van der Waals surface area contributed by atoms with Crippen molar-refractivity contribution in [2.75, 3.05) is 0 Å². The van der Waals surface area contributed by atoms with E-state index in [1.807, 2.05) is 18.3 Å². The van der Waals surface area contributed by atoms with Gasteiger partial charge in [0.1, 0.15) is 0 Å². The maximum atomic E-state index is 3.12. The van der Waals surface area contributed by atoms with Crippen molar-refractivity contribution in [3.05, 3.63) is 36.5 Å². The molecule has 0 atom stereocenters. The minimum atomic E-state index is 0. The van der Waals surface area contributed by atoms with Crippen molar-refractivity contribution >= 4 is 10.9 Å². The van der Waals surface area contributed by atoms with Crippen LogP contribution < -0.4 is 0 Å². The molecule has 60 valence electrons. The SMILES string of the molecule is O.O.c1ccc2[nH]ccc2c1. The van der Waals surface area contributed by atoms with Crippen molar-refractivity contribution in [3.8, 4) is 0 Å². The van der Waals surface area contributed by atoms with Crippen LogP contribution in [0.2, 0.25) is 0 Å². The number of para-hydroxylation sites is 1. The van der Waals surface area contributed by atoms with E-state index < -0.39 is 0 Å². The summed E-state index contributed by atoms with van der Waals surface area (Å²) in [5.41, 5.74) is 1.21. The fourth-order valence-corrected chi connectivity index (χ4v) is 0.995. The molecule has 0 saturated heterocycles. The Kier molecular flexibility index (Phi) is 3.30. The Hall–Kier alpha value is -1.32. The van der Waals surface area contributed by atoms with Crippen LogP contribution in [0.25, 0.3) is 10.9 Å². The van der Waals surface area contributed by atoms with E-state index in [-0.39, 0.29) is 11.0 Å². The van der Waals surface area contributed by atoms with Crippen molar-refractivity contribution < 1.29 is 11.0 Å². The first-order valence-corrected chi connectivity index (χ1v) is 2.99. The Morgan fingerprint density at radius 3 is 2.36 bits per heavy atom. The molecule has 0 aliphatic rings. The van der Waals surface area contributed by atoms with Gasteiger partial charge < -0.3 is 15.9 Å². The van der Waals surface area contributed by atoms with Crippen molar-refractivity contribution in [3.63, 3.8) is 0 Å². The second-order valence-corrected chi connectivity index (χ2v) is 2.06. The normalized spacial score (nSPS) is 8.36. The third-order valence-electron chi connectivity index (χ3n) is 1.46. The zero-order valence-electron chi connectivity index (χ0n) is 5.96. The molecule has 1 aromatic heterocycles. The molecule has 11 heavy (non-hydrogen) atoms. The number of aromatic amines is 1. The topological polar surface area (TPSA) is 78.8 Å². The molecule has 2 aromatic rings. The summed E-state index contributed by atoms with van der Waals surface area (Å²) in [6, 6.07) is 10.3. The second-order valence-electron chi connectivity index (χ2n) is 2.06. The molecule has 0 aliphatic heterocycles. The summed E-state index contributed by atoms with van der Waals surface area (Å²) in [6.07, 6.45) is 1.95. The molecule has 3 nitrogen and oxygen atoms in total. The van der Waals surface area contributed by atoms with Gasteiger partial charge in [-0.3, -0.25) is 0 Å². The van der Waals surface area contributed by atoms with Crippen LogP contribution in [0.5, 0.6) is 0 Å². The molecular weight excluding hydrogens is 142 g/mol. The van der Waals surface area contributed by atoms with Gasteiger partial charge in [-0.15, -0.1) is 0 Å². The smallest absolute Gasteiger partial charge is 0.0453 e. The molecule has 1 heterocycles. The lowest BCUT2D eigenvalue weighted by atomic mass is 10.3. The van der Waals surface area contributed by atoms with Crippen molar-refractivity contribution in [1.82, 2.24) is 4.98 Å². The van der Waals surface area contributed by atoms with Gasteiger partial charge in [0, 0.05) is 11.7 Å². The largest absolute Gasteiger partial charge is 0.412 e. The van der Waals surface area contributed by atoms with Crippen molar-refractivity contribution in [2.45, 2.75) is 0 Å². The Morgan fingerprint density at radius 1 is 0.909 bits per heavy atom. The van der Waals surface area contributed by atoms with E-state index in [2.05, 4.69) is 23.2 Å². The number of hydrogen-bond donors (Lipinski definition) is 1. The Labute approximate surface area is 64.3 Å². The van der Waals surface area contributed by atoms with Gasteiger partial charge in [-0.25, -0.2) is 0 Å². The minimum absolute atomic E-state index is 0. The van der Waals surface area contributed by atoms with Crippen LogP contribution in [0.3, 0.4) is 0 Å². The van der Waals surface area contributed by atoms with E-state index in [1.165, 1.54) is 10.9 Å². The molecule has 1 aromatic carbocycles. The Bertz CT molecular complexity index is 286. The predicted octanol–water partition coefficient (Wildman–Crippen LogP) is 0.518. The van der Waals surface area contributed by atoms with Gasteiger partial charge in [-0.1, -0.05) is 18.2 Å². The molecule has 2 rings (SSSR count). The molecular formula is C8H11NO2. The fraction of sp³-hybridized carbons (Fsp3) is 0. The highest BCUT2D eigenvalue weighted by Gasteiger charge is 1.86. The van der Waals surface area contributed by atoms with Gasteiger partial charge in [-0.2, -0.15) is 0 Å². The van der Waals surface area contributed by atoms with Crippen LogP contribution in [0.1, 0.15) is 0 Å². The first-order chi connectivity index (χ1) is 4.47. The average Bonchev–Trinajstić information content (AvgIpc) is 2.33. The number of nitrogens with one attached hydrogen (secondary N) is 1. The first kappa shape index (κ1) is 9.68. The Balaban J connectivity index is 0.000000500. The molecule has 5 N–H and O–H groups in total. The summed E-state index contributed by atoms with van der Waals surface area (Å²) in [7, 11) is 0. The number of rotatable bonds is 0. The molecule has 0 saturated carbocycles. The number of H-pyrrole nitrogens is 1. The van der Waals surface area contributed by atoms with Gasteiger partial charge in [0.05, 0.1) is 0 Å². The Morgan fingerprint density at radius 2 is 1.64 bits per heavy atom. The number of fused-ring (bicyclic) bond motifs is 1. The van der Waals surface area contributed by atoms with Gasteiger partial charge in [0.2, 0.25) is 0 Å². The van der Waals surface area contributed by atoms with Gasteiger partial charge in [0.25, 0.3) is 0 Å². The van der Waals surface area contributed by atoms with Crippen LogP contribution >= 0.6 is 0 Å². The number of benzene rings is 1. The van der Waals surface area contributed by atoms with Crippen molar-refractivity contribution in [1.29, 1.82) is 0 Å². The quantitative estimate of drug-likeness (QED) is 0.572. The molecule has 0 spiro atoms. The van der Waals surface area contributed by atoms with Crippen LogP contribution in [0.15, 0.2) is 36.5 Å².